The highest BCUT2D eigenvalue weighted by molar-refractivity contribution is 7.89. The summed E-state index contributed by atoms with van der Waals surface area (Å²) in [5.74, 6) is 0.624. The first kappa shape index (κ1) is 15.6. The van der Waals surface area contributed by atoms with E-state index < -0.39 is 10.0 Å². The minimum atomic E-state index is -3.65. The van der Waals surface area contributed by atoms with Crippen LogP contribution in [-0.2, 0) is 16.6 Å². The van der Waals surface area contributed by atoms with Crippen LogP contribution in [0.5, 0.6) is 0 Å². The predicted molar refractivity (Wildman–Crippen MR) is 73.6 cm³/mol. The Bertz CT molecular complexity index is 564. The van der Waals surface area contributed by atoms with Crippen molar-refractivity contribution >= 4 is 15.9 Å². The number of aryl methyl sites for hydroxylation is 2. The summed E-state index contributed by atoms with van der Waals surface area (Å²) in [5.41, 5.74) is 5.30. The van der Waals surface area contributed by atoms with E-state index in [1.165, 1.54) is 17.5 Å². The van der Waals surface area contributed by atoms with E-state index in [1.807, 2.05) is 6.92 Å². The molecule has 0 amide bonds. The average Bonchev–Trinajstić information content (AvgIpc) is 2.69. The van der Waals surface area contributed by atoms with E-state index in [9.17, 15) is 8.42 Å². The molecule has 0 fully saturated rings. The van der Waals surface area contributed by atoms with Crippen molar-refractivity contribution in [3.05, 3.63) is 12.0 Å². The SMILES string of the molecule is CCn1cc(S(=O)(=O)N(C)C(C)CC(=N)N)nc1C. The number of imidazole rings is 1. The Balaban J connectivity index is 3.05. The zero-order valence-corrected chi connectivity index (χ0v) is 12.5. The molecule has 1 atom stereocenters. The maximum atomic E-state index is 12.4. The molecule has 0 aliphatic heterocycles. The van der Waals surface area contributed by atoms with Crippen LogP contribution in [0.2, 0.25) is 0 Å². The summed E-state index contributed by atoms with van der Waals surface area (Å²) in [5, 5.41) is 7.26. The van der Waals surface area contributed by atoms with E-state index in [1.54, 1.807) is 18.4 Å². The number of nitrogens with two attached hydrogens (primary N) is 1. The molecule has 8 heteroatoms. The van der Waals surface area contributed by atoms with Crippen molar-refractivity contribution in [2.75, 3.05) is 7.05 Å². The van der Waals surface area contributed by atoms with Crippen LogP contribution in [0.4, 0.5) is 0 Å². The van der Waals surface area contributed by atoms with Crippen molar-refractivity contribution in [2.24, 2.45) is 5.73 Å². The summed E-state index contributed by atoms with van der Waals surface area (Å²) in [7, 11) is -2.17. The third-order valence-electron chi connectivity index (χ3n) is 3.07. The van der Waals surface area contributed by atoms with Crippen LogP contribution in [0.3, 0.4) is 0 Å². The number of hydrogen-bond donors (Lipinski definition) is 2. The summed E-state index contributed by atoms with van der Waals surface area (Å²) >= 11 is 0. The second-order valence-electron chi connectivity index (χ2n) is 4.51. The number of hydrogen-bond acceptors (Lipinski definition) is 4. The van der Waals surface area contributed by atoms with E-state index >= 15 is 0 Å². The van der Waals surface area contributed by atoms with E-state index in [2.05, 4.69) is 4.98 Å². The van der Waals surface area contributed by atoms with Gasteiger partial charge in [0.25, 0.3) is 10.0 Å². The average molecular weight is 287 g/mol. The lowest BCUT2D eigenvalue weighted by Crippen LogP contribution is -2.37. The van der Waals surface area contributed by atoms with Gasteiger partial charge in [0.15, 0.2) is 5.03 Å². The van der Waals surface area contributed by atoms with E-state index in [-0.39, 0.29) is 23.3 Å². The molecule has 7 nitrogen and oxygen atoms in total. The fourth-order valence-corrected chi connectivity index (χ4v) is 3.11. The third kappa shape index (κ3) is 3.32. The molecule has 108 valence electrons. The molecular weight excluding hydrogens is 266 g/mol. The van der Waals surface area contributed by atoms with Crippen LogP contribution in [0.1, 0.15) is 26.1 Å². The van der Waals surface area contributed by atoms with Crippen LogP contribution < -0.4 is 5.73 Å². The fourth-order valence-electron chi connectivity index (χ4n) is 1.75. The van der Waals surface area contributed by atoms with Gasteiger partial charge >= 0.3 is 0 Å². The summed E-state index contributed by atoms with van der Waals surface area (Å²) in [6, 6.07) is -0.380. The molecule has 1 rings (SSSR count). The van der Waals surface area contributed by atoms with Gasteiger partial charge in [-0.2, -0.15) is 4.31 Å². The third-order valence-corrected chi connectivity index (χ3v) is 4.92. The molecule has 3 N–H and O–H groups in total. The normalized spacial score (nSPS) is 13.7. The van der Waals surface area contributed by atoms with Crippen molar-refractivity contribution in [2.45, 2.75) is 44.8 Å². The number of nitrogens with zero attached hydrogens (tertiary/aromatic N) is 3. The highest BCUT2D eigenvalue weighted by Gasteiger charge is 2.28. The molecule has 1 unspecified atom stereocenters. The summed E-state index contributed by atoms with van der Waals surface area (Å²) < 4.78 is 27.7. The lowest BCUT2D eigenvalue weighted by atomic mass is 10.2. The lowest BCUT2D eigenvalue weighted by molar-refractivity contribution is 0.394. The number of amidine groups is 1. The second kappa shape index (κ2) is 5.70. The van der Waals surface area contributed by atoms with Crippen LogP contribution in [0.25, 0.3) is 0 Å². The summed E-state index contributed by atoms with van der Waals surface area (Å²) in [4.78, 5) is 4.08. The number of rotatable bonds is 6. The predicted octanol–water partition coefficient (Wildman–Crippen LogP) is 0.546. The van der Waals surface area contributed by atoms with Gasteiger partial charge < -0.3 is 10.3 Å². The second-order valence-corrected chi connectivity index (χ2v) is 6.46. The van der Waals surface area contributed by atoms with Gasteiger partial charge in [0.05, 0.1) is 5.84 Å². The van der Waals surface area contributed by atoms with Gasteiger partial charge in [-0.05, 0) is 20.8 Å². The zero-order valence-electron chi connectivity index (χ0n) is 11.7. The molecular formula is C11H21N5O2S. The minimum absolute atomic E-state index is 0.0322. The Hall–Kier alpha value is -1.41. The molecule has 0 saturated carbocycles. The van der Waals surface area contributed by atoms with Crippen molar-refractivity contribution in [1.29, 1.82) is 5.41 Å². The molecule has 0 saturated heterocycles. The topological polar surface area (TPSA) is 105 Å². The number of aromatic nitrogens is 2. The monoisotopic (exact) mass is 287 g/mol. The van der Waals surface area contributed by atoms with E-state index in [4.69, 9.17) is 11.1 Å². The first-order valence-corrected chi connectivity index (χ1v) is 7.48. The molecule has 0 aliphatic rings. The maximum absolute atomic E-state index is 12.4. The fraction of sp³-hybridized carbons (Fsp3) is 0.636. The Labute approximate surface area is 114 Å². The molecule has 19 heavy (non-hydrogen) atoms. The van der Waals surface area contributed by atoms with Crippen LogP contribution >= 0.6 is 0 Å². The Morgan fingerprint density at radius 1 is 1.63 bits per heavy atom. The lowest BCUT2D eigenvalue weighted by Gasteiger charge is -2.22. The van der Waals surface area contributed by atoms with Gasteiger partial charge in [-0.25, -0.2) is 13.4 Å². The molecule has 1 heterocycles. The Kier molecular flexibility index (Phi) is 4.70. The molecule has 1 aromatic heterocycles. The van der Waals surface area contributed by atoms with Gasteiger partial charge in [0.2, 0.25) is 0 Å². The number of nitrogens with one attached hydrogen (secondary N) is 1. The summed E-state index contributed by atoms with van der Waals surface area (Å²) in [6.45, 7) is 6.07. The molecule has 0 spiro atoms. The van der Waals surface area contributed by atoms with Crippen molar-refractivity contribution in [3.63, 3.8) is 0 Å². The highest BCUT2D eigenvalue weighted by atomic mass is 32.2. The van der Waals surface area contributed by atoms with Gasteiger partial charge in [-0.1, -0.05) is 0 Å². The molecule has 1 aromatic rings. The molecule has 0 aromatic carbocycles. The van der Waals surface area contributed by atoms with Gasteiger partial charge in [0, 0.05) is 32.3 Å². The number of sulfonamides is 1. The van der Waals surface area contributed by atoms with Gasteiger partial charge in [-0.15, -0.1) is 0 Å². The minimum Gasteiger partial charge on any atom is -0.388 e. The molecule has 0 radical (unpaired) electrons. The van der Waals surface area contributed by atoms with Crippen LogP contribution in [0.15, 0.2) is 11.2 Å². The van der Waals surface area contributed by atoms with Crippen LogP contribution in [-0.4, -0.2) is 41.2 Å². The van der Waals surface area contributed by atoms with Crippen LogP contribution in [0, 0.1) is 12.3 Å². The smallest absolute Gasteiger partial charge is 0.262 e. The first-order chi connectivity index (χ1) is 8.70. The highest BCUT2D eigenvalue weighted by Crippen LogP contribution is 2.17. The van der Waals surface area contributed by atoms with E-state index in [0.29, 0.717) is 12.4 Å². The largest absolute Gasteiger partial charge is 0.388 e. The van der Waals surface area contributed by atoms with Crippen molar-refractivity contribution in [1.82, 2.24) is 13.9 Å². The van der Waals surface area contributed by atoms with Crippen molar-refractivity contribution in [3.8, 4) is 0 Å². The van der Waals surface area contributed by atoms with Crippen molar-refractivity contribution < 1.29 is 8.42 Å². The summed E-state index contributed by atoms with van der Waals surface area (Å²) in [6.07, 6.45) is 1.73. The Morgan fingerprint density at radius 3 is 2.63 bits per heavy atom. The Morgan fingerprint density at radius 2 is 2.21 bits per heavy atom. The molecule has 0 bridgehead atoms. The quantitative estimate of drug-likeness (QED) is 0.588. The standard InChI is InChI=1S/C11H21N5O2S/c1-5-16-7-11(14-9(16)3)19(17,18)15(4)8(2)6-10(12)13/h7-8H,5-6H2,1-4H3,(H3,12,13). The van der Waals surface area contributed by atoms with Gasteiger partial charge in [0.1, 0.15) is 5.82 Å². The van der Waals surface area contributed by atoms with Gasteiger partial charge in [-0.3, -0.25) is 5.41 Å². The van der Waals surface area contributed by atoms with E-state index in [0.717, 1.165) is 0 Å². The zero-order chi connectivity index (χ0) is 14.8. The molecule has 0 aliphatic carbocycles. The maximum Gasteiger partial charge on any atom is 0.262 e. The first-order valence-electron chi connectivity index (χ1n) is 6.04.